The fourth-order valence-corrected chi connectivity index (χ4v) is 2.92. The number of nitrogens with two attached hydrogens (primary N) is 1. The molecule has 1 fully saturated rings. The van der Waals surface area contributed by atoms with Crippen LogP contribution in [0.15, 0.2) is 18.2 Å². The molecule has 0 aromatic heterocycles. The first-order chi connectivity index (χ1) is 9.88. The number of benzene rings is 1. The molecule has 1 aliphatic rings. The van der Waals surface area contributed by atoms with Crippen molar-refractivity contribution in [2.24, 2.45) is 11.8 Å². The lowest BCUT2D eigenvalue weighted by molar-refractivity contribution is -0.120. The Kier molecular flexibility index (Phi) is 5.12. The highest BCUT2D eigenvalue weighted by atomic mass is 35.5. The number of carbonyl (C=O) groups is 1. The summed E-state index contributed by atoms with van der Waals surface area (Å²) in [5.41, 5.74) is 6.98. The van der Waals surface area contributed by atoms with Gasteiger partial charge in [0.25, 0.3) is 0 Å². The van der Waals surface area contributed by atoms with Gasteiger partial charge in [-0.2, -0.15) is 0 Å². The van der Waals surface area contributed by atoms with Crippen molar-refractivity contribution in [1.82, 2.24) is 4.90 Å². The third-order valence-electron chi connectivity index (χ3n) is 4.40. The number of anilines is 2. The number of nitrogen functional groups attached to an aromatic ring is 1. The minimum absolute atomic E-state index is 0.0339. The normalized spacial score (nSPS) is 20.7. The first-order valence-corrected chi connectivity index (χ1v) is 7.86. The molecule has 5 heteroatoms. The number of carbonyl (C=O) groups excluding carboxylic acids is 1. The zero-order chi connectivity index (χ0) is 15.6. The molecule has 1 amide bonds. The number of rotatable bonds is 4. The number of nitrogens with one attached hydrogen (secondary N) is 1. The van der Waals surface area contributed by atoms with Crippen LogP contribution in [0.2, 0.25) is 5.02 Å². The molecule has 3 N–H and O–H groups in total. The van der Waals surface area contributed by atoms with Crippen molar-refractivity contribution in [2.45, 2.75) is 33.2 Å². The van der Waals surface area contributed by atoms with Gasteiger partial charge in [0, 0.05) is 11.6 Å². The van der Waals surface area contributed by atoms with Crippen LogP contribution < -0.4 is 11.1 Å². The first-order valence-electron chi connectivity index (χ1n) is 7.48. The predicted octanol–water partition coefficient (Wildman–Crippen LogP) is 3.23. The lowest BCUT2D eigenvalue weighted by Gasteiger charge is -2.24. The number of likely N-dealkylation sites (tertiary alicyclic amines) is 1. The van der Waals surface area contributed by atoms with Crippen LogP contribution in [0.3, 0.4) is 0 Å². The smallest absolute Gasteiger partial charge is 0.241 e. The third kappa shape index (κ3) is 3.89. The van der Waals surface area contributed by atoms with Crippen molar-refractivity contribution in [3.63, 3.8) is 0 Å². The molecule has 1 heterocycles. The van der Waals surface area contributed by atoms with Crippen LogP contribution in [0, 0.1) is 11.8 Å². The van der Waals surface area contributed by atoms with Crippen molar-refractivity contribution in [2.75, 3.05) is 24.1 Å². The van der Waals surface area contributed by atoms with Crippen molar-refractivity contribution in [1.29, 1.82) is 0 Å². The van der Waals surface area contributed by atoms with Gasteiger partial charge >= 0.3 is 0 Å². The number of hydrogen-bond acceptors (Lipinski definition) is 3. The van der Waals surface area contributed by atoms with Crippen molar-refractivity contribution < 1.29 is 4.79 Å². The van der Waals surface area contributed by atoms with E-state index < -0.39 is 0 Å². The number of hydrogen-bond donors (Lipinski definition) is 2. The Morgan fingerprint density at radius 3 is 2.76 bits per heavy atom. The summed E-state index contributed by atoms with van der Waals surface area (Å²) in [6.45, 7) is 8.38. The van der Waals surface area contributed by atoms with Crippen LogP contribution >= 0.6 is 11.6 Å². The molecule has 0 bridgehead atoms. The van der Waals surface area contributed by atoms with Gasteiger partial charge in [0.05, 0.1) is 17.4 Å². The van der Waals surface area contributed by atoms with E-state index in [1.54, 1.807) is 18.2 Å². The Labute approximate surface area is 131 Å². The highest BCUT2D eigenvalue weighted by Gasteiger charge is 2.31. The van der Waals surface area contributed by atoms with Gasteiger partial charge in [-0.3, -0.25) is 9.69 Å². The fourth-order valence-electron chi connectivity index (χ4n) is 2.75. The molecular weight excluding hydrogens is 286 g/mol. The van der Waals surface area contributed by atoms with E-state index in [1.165, 1.54) is 0 Å². The Hall–Kier alpha value is -1.26. The molecule has 116 valence electrons. The molecule has 1 aromatic rings. The van der Waals surface area contributed by atoms with Crippen LogP contribution in [0.4, 0.5) is 11.4 Å². The lowest BCUT2D eigenvalue weighted by Crippen LogP contribution is -2.41. The summed E-state index contributed by atoms with van der Waals surface area (Å²) in [6, 6.07) is 4.94. The third-order valence-corrected chi connectivity index (χ3v) is 4.63. The van der Waals surface area contributed by atoms with E-state index in [0.717, 1.165) is 19.5 Å². The van der Waals surface area contributed by atoms with Crippen molar-refractivity contribution in [3.8, 4) is 0 Å². The second-order valence-corrected chi connectivity index (χ2v) is 6.62. The Morgan fingerprint density at radius 1 is 1.43 bits per heavy atom. The van der Waals surface area contributed by atoms with E-state index >= 15 is 0 Å². The maximum Gasteiger partial charge on any atom is 0.241 e. The SMILES string of the molecule is CC(C)C1CCN(C(C)C(=O)Nc2cc(Cl)ccc2N)C1. The van der Waals surface area contributed by atoms with E-state index in [2.05, 4.69) is 24.1 Å². The van der Waals surface area contributed by atoms with E-state index in [4.69, 9.17) is 17.3 Å². The molecule has 0 saturated carbocycles. The number of halogens is 1. The minimum Gasteiger partial charge on any atom is -0.397 e. The van der Waals surface area contributed by atoms with E-state index in [9.17, 15) is 4.79 Å². The van der Waals surface area contributed by atoms with Crippen LogP contribution in [-0.4, -0.2) is 29.9 Å². The van der Waals surface area contributed by atoms with Crippen molar-refractivity contribution in [3.05, 3.63) is 23.2 Å². The number of nitrogens with zero attached hydrogens (tertiary/aromatic N) is 1. The molecule has 0 spiro atoms. The second-order valence-electron chi connectivity index (χ2n) is 6.18. The standard InChI is InChI=1S/C16H24ClN3O/c1-10(2)12-6-7-20(9-12)11(3)16(21)19-15-8-13(17)4-5-14(15)18/h4-5,8,10-12H,6-7,9,18H2,1-3H3,(H,19,21). The molecule has 2 rings (SSSR count). The van der Waals surface area contributed by atoms with Gasteiger partial charge in [-0.1, -0.05) is 25.4 Å². The van der Waals surface area contributed by atoms with Gasteiger partial charge in [-0.05, 0) is 49.9 Å². The average Bonchev–Trinajstić information content (AvgIpc) is 2.91. The van der Waals surface area contributed by atoms with E-state index in [0.29, 0.717) is 28.2 Å². The van der Waals surface area contributed by atoms with Crippen molar-refractivity contribution >= 4 is 28.9 Å². The Bertz CT molecular complexity index is 518. The lowest BCUT2D eigenvalue weighted by atomic mass is 9.95. The van der Waals surface area contributed by atoms with Gasteiger partial charge in [0.1, 0.15) is 0 Å². The predicted molar refractivity (Wildman–Crippen MR) is 88.5 cm³/mol. The molecule has 0 aliphatic carbocycles. The molecule has 1 saturated heterocycles. The van der Waals surface area contributed by atoms with Crippen LogP contribution in [0.25, 0.3) is 0 Å². The molecule has 21 heavy (non-hydrogen) atoms. The van der Waals surface area contributed by atoms with Gasteiger partial charge in [0.15, 0.2) is 0 Å². The largest absolute Gasteiger partial charge is 0.397 e. The van der Waals surface area contributed by atoms with Gasteiger partial charge < -0.3 is 11.1 Å². The van der Waals surface area contributed by atoms with Crippen LogP contribution in [0.5, 0.6) is 0 Å². The molecule has 1 aliphatic heterocycles. The minimum atomic E-state index is -0.160. The van der Waals surface area contributed by atoms with Gasteiger partial charge in [-0.25, -0.2) is 0 Å². The highest BCUT2D eigenvalue weighted by Crippen LogP contribution is 2.26. The topological polar surface area (TPSA) is 58.4 Å². The number of amides is 1. The van der Waals surface area contributed by atoms with E-state index in [-0.39, 0.29) is 11.9 Å². The maximum atomic E-state index is 12.4. The highest BCUT2D eigenvalue weighted by molar-refractivity contribution is 6.31. The summed E-state index contributed by atoms with van der Waals surface area (Å²) in [4.78, 5) is 14.6. The summed E-state index contributed by atoms with van der Waals surface area (Å²) >= 11 is 5.94. The summed E-state index contributed by atoms with van der Waals surface area (Å²) in [6.07, 6.45) is 1.16. The van der Waals surface area contributed by atoms with E-state index in [1.807, 2.05) is 6.92 Å². The average molecular weight is 310 g/mol. The molecule has 4 nitrogen and oxygen atoms in total. The zero-order valence-electron chi connectivity index (χ0n) is 12.9. The fraction of sp³-hybridized carbons (Fsp3) is 0.562. The molecular formula is C16H24ClN3O. The molecule has 2 atom stereocenters. The first kappa shape index (κ1) is 16.1. The van der Waals surface area contributed by atoms with Crippen LogP contribution in [-0.2, 0) is 4.79 Å². The Balaban J connectivity index is 1.99. The van der Waals surface area contributed by atoms with Gasteiger partial charge in [0.2, 0.25) is 5.91 Å². The summed E-state index contributed by atoms with van der Waals surface area (Å²) in [7, 11) is 0. The molecule has 1 aromatic carbocycles. The molecule has 0 radical (unpaired) electrons. The maximum absolute atomic E-state index is 12.4. The Morgan fingerprint density at radius 2 is 2.14 bits per heavy atom. The summed E-state index contributed by atoms with van der Waals surface area (Å²) in [5, 5.41) is 3.44. The second kappa shape index (κ2) is 6.67. The van der Waals surface area contributed by atoms with Gasteiger partial charge in [-0.15, -0.1) is 0 Å². The van der Waals surface area contributed by atoms with Crippen LogP contribution in [0.1, 0.15) is 27.2 Å². The summed E-state index contributed by atoms with van der Waals surface area (Å²) in [5.74, 6) is 1.30. The zero-order valence-corrected chi connectivity index (χ0v) is 13.7. The molecule has 2 unspecified atom stereocenters. The monoisotopic (exact) mass is 309 g/mol. The quantitative estimate of drug-likeness (QED) is 0.840. The summed E-state index contributed by atoms with van der Waals surface area (Å²) < 4.78 is 0.